The fourth-order valence-corrected chi connectivity index (χ4v) is 5.08. The van der Waals surface area contributed by atoms with E-state index in [1.54, 1.807) is 38.3 Å². The lowest BCUT2D eigenvalue weighted by Crippen LogP contribution is -2.23. The summed E-state index contributed by atoms with van der Waals surface area (Å²) >= 11 is 0. The highest BCUT2D eigenvalue weighted by Crippen LogP contribution is 2.48. The summed E-state index contributed by atoms with van der Waals surface area (Å²) in [6.45, 7) is 6.34. The lowest BCUT2D eigenvalue weighted by molar-refractivity contribution is -0.135. The van der Waals surface area contributed by atoms with Gasteiger partial charge in [0.25, 0.3) is 0 Å². The number of Topliss-reactive ketones (excluding diaryl/α,β-unsaturated/α-hetero) is 1. The van der Waals surface area contributed by atoms with E-state index < -0.39 is 24.0 Å². The second-order valence-electron chi connectivity index (χ2n) is 10.9. The number of ether oxygens (including phenoxy) is 4. The van der Waals surface area contributed by atoms with Crippen molar-refractivity contribution in [2.75, 3.05) is 13.7 Å². The molecule has 1 N–H and O–H groups in total. The SMILES string of the molecule is COc1ccc([C@H]2CC(=O)Oc3cc4c(c(O)c32)C(=O)O[C@@H](C)CCCC(=O)CCCC=C4)cc1OCC(C)C. The first-order chi connectivity index (χ1) is 19.2. The highest BCUT2D eigenvalue weighted by Gasteiger charge is 2.36. The topological polar surface area (TPSA) is 108 Å². The van der Waals surface area contributed by atoms with Gasteiger partial charge in [-0.3, -0.25) is 9.59 Å². The molecule has 0 radical (unpaired) electrons. The Morgan fingerprint density at radius 3 is 2.60 bits per heavy atom. The van der Waals surface area contributed by atoms with Crippen LogP contribution in [0.15, 0.2) is 30.3 Å². The van der Waals surface area contributed by atoms with Gasteiger partial charge in [0.05, 0.1) is 26.2 Å². The molecule has 0 spiro atoms. The number of methoxy groups -OCH3 is 1. The number of carbonyl (C=O) groups is 3. The van der Waals surface area contributed by atoms with Crippen molar-refractivity contribution in [3.8, 4) is 23.0 Å². The Kier molecular flexibility index (Phi) is 9.50. The zero-order chi connectivity index (χ0) is 28.8. The third kappa shape index (κ3) is 6.84. The molecular formula is C32H38O8. The van der Waals surface area contributed by atoms with E-state index in [0.717, 1.165) is 5.56 Å². The molecule has 0 bridgehead atoms. The van der Waals surface area contributed by atoms with Crippen molar-refractivity contribution >= 4 is 23.8 Å². The van der Waals surface area contributed by atoms with Gasteiger partial charge in [0.15, 0.2) is 11.5 Å². The maximum atomic E-state index is 13.4. The molecule has 4 rings (SSSR count). The molecule has 2 aliphatic rings. The van der Waals surface area contributed by atoms with Gasteiger partial charge >= 0.3 is 11.9 Å². The Balaban J connectivity index is 1.80. The van der Waals surface area contributed by atoms with Gasteiger partial charge in [-0.15, -0.1) is 0 Å². The van der Waals surface area contributed by atoms with Crippen molar-refractivity contribution in [3.05, 3.63) is 52.6 Å². The molecule has 8 nitrogen and oxygen atoms in total. The summed E-state index contributed by atoms with van der Waals surface area (Å²) in [6.07, 6.45) is 6.53. The Hall–Kier alpha value is -3.81. The number of cyclic esters (lactones) is 1. The van der Waals surface area contributed by atoms with Crippen LogP contribution in [0.5, 0.6) is 23.0 Å². The predicted octanol–water partition coefficient (Wildman–Crippen LogP) is 6.36. The van der Waals surface area contributed by atoms with Gasteiger partial charge in [0.2, 0.25) is 0 Å². The number of hydrogen-bond donors (Lipinski definition) is 1. The van der Waals surface area contributed by atoms with Crippen LogP contribution in [0, 0.1) is 5.92 Å². The highest BCUT2D eigenvalue weighted by atomic mass is 16.5. The maximum Gasteiger partial charge on any atom is 0.342 e. The number of carbonyl (C=O) groups excluding carboxylic acids is 3. The molecule has 40 heavy (non-hydrogen) atoms. The Bertz CT molecular complexity index is 1290. The minimum absolute atomic E-state index is 0.0232. The van der Waals surface area contributed by atoms with Crippen LogP contribution >= 0.6 is 0 Å². The highest BCUT2D eigenvalue weighted by molar-refractivity contribution is 5.98. The van der Waals surface area contributed by atoms with E-state index in [-0.39, 0.29) is 29.3 Å². The number of phenolic OH excluding ortho intramolecular Hbond substituents is 1. The van der Waals surface area contributed by atoms with E-state index in [4.69, 9.17) is 18.9 Å². The molecule has 8 heteroatoms. The first-order valence-corrected chi connectivity index (χ1v) is 14.0. The molecule has 0 fully saturated rings. The Morgan fingerprint density at radius 1 is 1.07 bits per heavy atom. The fourth-order valence-electron chi connectivity index (χ4n) is 5.08. The summed E-state index contributed by atoms with van der Waals surface area (Å²) in [5.41, 5.74) is 1.49. The van der Waals surface area contributed by atoms with Crippen LogP contribution in [0.25, 0.3) is 6.08 Å². The molecule has 0 unspecified atom stereocenters. The maximum absolute atomic E-state index is 13.4. The molecule has 2 aliphatic heterocycles. The van der Waals surface area contributed by atoms with Gasteiger partial charge < -0.3 is 24.1 Å². The minimum atomic E-state index is -0.665. The number of phenols is 1. The van der Waals surface area contributed by atoms with Gasteiger partial charge in [0.1, 0.15) is 22.8 Å². The number of rotatable bonds is 5. The second kappa shape index (κ2) is 13.0. The number of fused-ring (bicyclic) bond motifs is 2. The summed E-state index contributed by atoms with van der Waals surface area (Å²) in [7, 11) is 1.56. The largest absolute Gasteiger partial charge is 0.507 e. The van der Waals surface area contributed by atoms with Crippen molar-refractivity contribution in [1.29, 1.82) is 0 Å². The van der Waals surface area contributed by atoms with Crippen molar-refractivity contribution in [1.82, 2.24) is 0 Å². The number of hydrogen-bond acceptors (Lipinski definition) is 8. The van der Waals surface area contributed by atoms with Crippen LogP contribution in [0.3, 0.4) is 0 Å². The van der Waals surface area contributed by atoms with E-state index in [0.29, 0.717) is 73.7 Å². The number of esters is 2. The zero-order valence-corrected chi connectivity index (χ0v) is 23.7. The number of allylic oxidation sites excluding steroid dienone is 1. The fraction of sp³-hybridized carbons (Fsp3) is 0.469. The van der Waals surface area contributed by atoms with Gasteiger partial charge in [-0.25, -0.2) is 4.79 Å². The van der Waals surface area contributed by atoms with Gasteiger partial charge in [-0.05, 0) is 67.9 Å². The quantitative estimate of drug-likeness (QED) is 0.339. The van der Waals surface area contributed by atoms with Crippen molar-refractivity contribution in [2.45, 2.75) is 77.7 Å². The molecule has 0 saturated heterocycles. The summed E-state index contributed by atoms with van der Waals surface area (Å²) in [5.74, 6) is -0.192. The first kappa shape index (κ1) is 29.2. The van der Waals surface area contributed by atoms with E-state index in [2.05, 4.69) is 0 Å². The summed E-state index contributed by atoms with van der Waals surface area (Å²) in [6, 6.07) is 7.00. The third-order valence-electron chi connectivity index (χ3n) is 7.14. The van der Waals surface area contributed by atoms with Crippen molar-refractivity contribution in [2.24, 2.45) is 5.92 Å². The van der Waals surface area contributed by atoms with Crippen LogP contribution in [0.4, 0.5) is 0 Å². The molecule has 0 amide bonds. The van der Waals surface area contributed by atoms with Gasteiger partial charge in [-0.2, -0.15) is 0 Å². The van der Waals surface area contributed by atoms with Crippen LogP contribution in [-0.2, 0) is 14.3 Å². The van der Waals surface area contributed by atoms with Crippen LogP contribution in [0.1, 0.15) is 98.7 Å². The Morgan fingerprint density at radius 2 is 1.85 bits per heavy atom. The summed E-state index contributed by atoms with van der Waals surface area (Å²) in [4.78, 5) is 38.3. The molecule has 2 aromatic rings. The van der Waals surface area contributed by atoms with Gasteiger partial charge in [0, 0.05) is 24.3 Å². The normalized spacial score (nSPS) is 20.2. The third-order valence-corrected chi connectivity index (χ3v) is 7.14. The van der Waals surface area contributed by atoms with Gasteiger partial charge in [-0.1, -0.05) is 32.1 Å². The smallest absolute Gasteiger partial charge is 0.342 e. The summed E-state index contributed by atoms with van der Waals surface area (Å²) in [5, 5.41) is 11.6. The average Bonchev–Trinajstić information content (AvgIpc) is 2.90. The zero-order valence-electron chi connectivity index (χ0n) is 23.7. The molecule has 2 atom stereocenters. The predicted molar refractivity (Wildman–Crippen MR) is 150 cm³/mol. The standard InChI is InChI=1S/C32H38O8/c1-19(2)18-38-26-15-21(13-14-25(26)37-4)24-17-28(34)40-27-16-22-10-6-5-7-11-23(33)12-8-9-20(3)39-32(36)29(22)31(35)30(24)27/h6,10,13-16,19-20,24,35H,5,7-9,11-12,17-18H2,1-4H3/t20-,24+/m0/s1. The number of benzene rings is 2. The molecule has 214 valence electrons. The van der Waals surface area contributed by atoms with E-state index in [1.807, 2.05) is 26.0 Å². The van der Waals surface area contributed by atoms with Crippen LogP contribution in [0.2, 0.25) is 0 Å². The molecule has 0 saturated carbocycles. The lowest BCUT2D eigenvalue weighted by Gasteiger charge is -2.28. The molecule has 2 heterocycles. The first-order valence-electron chi connectivity index (χ1n) is 14.0. The van der Waals surface area contributed by atoms with Crippen molar-refractivity contribution in [3.63, 3.8) is 0 Å². The lowest BCUT2D eigenvalue weighted by atomic mass is 9.83. The molecule has 2 aromatic carbocycles. The monoisotopic (exact) mass is 550 g/mol. The van der Waals surface area contributed by atoms with E-state index >= 15 is 0 Å². The molecule has 0 aromatic heterocycles. The van der Waals surface area contributed by atoms with Crippen molar-refractivity contribution < 1.29 is 38.4 Å². The summed E-state index contributed by atoms with van der Waals surface area (Å²) < 4.78 is 22.7. The van der Waals surface area contributed by atoms with Crippen LogP contribution in [-0.4, -0.2) is 42.6 Å². The molecular weight excluding hydrogens is 512 g/mol. The van der Waals surface area contributed by atoms with E-state index in [9.17, 15) is 19.5 Å². The van der Waals surface area contributed by atoms with Crippen LogP contribution < -0.4 is 14.2 Å². The van der Waals surface area contributed by atoms with E-state index in [1.165, 1.54) is 0 Å². The molecule has 0 aliphatic carbocycles. The Labute approximate surface area is 235 Å². The average molecular weight is 551 g/mol. The second-order valence-corrected chi connectivity index (χ2v) is 10.9. The number of ketones is 1. The number of aromatic hydroxyl groups is 1. The minimum Gasteiger partial charge on any atom is -0.507 e.